The summed E-state index contributed by atoms with van der Waals surface area (Å²) in [5, 5.41) is 11.0. The van der Waals surface area contributed by atoms with E-state index in [2.05, 4.69) is 6.58 Å². The van der Waals surface area contributed by atoms with Crippen LogP contribution < -0.4 is 0 Å². The summed E-state index contributed by atoms with van der Waals surface area (Å²) in [4.78, 5) is 47.8. The molecule has 32 heavy (non-hydrogen) atoms. The van der Waals surface area contributed by atoms with E-state index in [0.29, 0.717) is 11.1 Å². The van der Waals surface area contributed by atoms with E-state index in [-0.39, 0.29) is 37.0 Å². The summed E-state index contributed by atoms with van der Waals surface area (Å²) in [5.74, 6) is -2.47. The summed E-state index contributed by atoms with van der Waals surface area (Å²) in [6, 6.07) is 0. The molecule has 0 fully saturated rings. The number of hydrogen-bond acceptors (Lipinski definition) is 9. The van der Waals surface area contributed by atoms with E-state index < -0.39 is 47.8 Å². The molecule has 2 rings (SSSR count). The topological polar surface area (TPSA) is 125 Å². The molecule has 0 amide bonds. The summed E-state index contributed by atoms with van der Waals surface area (Å²) in [6.45, 7) is 10.5. The van der Waals surface area contributed by atoms with Gasteiger partial charge in [-0.1, -0.05) is 12.2 Å². The summed E-state index contributed by atoms with van der Waals surface area (Å²) < 4.78 is 21.5. The van der Waals surface area contributed by atoms with Crippen molar-refractivity contribution in [2.45, 2.75) is 77.8 Å². The van der Waals surface area contributed by atoms with Gasteiger partial charge in [0.05, 0.1) is 11.2 Å². The number of carbonyl (C=O) groups is 4. The van der Waals surface area contributed by atoms with Gasteiger partial charge in [0, 0.05) is 44.3 Å². The third-order valence-electron chi connectivity index (χ3n) is 5.12. The lowest BCUT2D eigenvalue weighted by Crippen LogP contribution is -2.39. The quantitative estimate of drug-likeness (QED) is 0.290. The minimum absolute atomic E-state index is 0.0383. The zero-order chi connectivity index (χ0) is 24.2. The van der Waals surface area contributed by atoms with Crippen molar-refractivity contribution in [3.63, 3.8) is 0 Å². The second kappa shape index (κ2) is 10.1. The Labute approximate surface area is 187 Å². The summed E-state index contributed by atoms with van der Waals surface area (Å²) in [7, 11) is 0. The smallest absolute Gasteiger partial charge is 0.338 e. The lowest BCUT2D eigenvalue weighted by molar-refractivity contribution is -0.147. The molecule has 0 aromatic carbocycles. The normalized spacial score (nSPS) is 28.1. The fraction of sp³-hybridized carbons (Fsp3) is 0.565. The first kappa shape index (κ1) is 25.3. The minimum atomic E-state index is -1.40. The van der Waals surface area contributed by atoms with Crippen LogP contribution in [-0.2, 0) is 38.1 Å². The molecule has 0 spiro atoms. The molecule has 1 aliphatic heterocycles. The van der Waals surface area contributed by atoms with Gasteiger partial charge < -0.3 is 24.1 Å². The molecule has 1 N–H and O–H groups in total. The Morgan fingerprint density at radius 3 is 2.41 bits per heavy atom. The molecule has 0 saturated carbocycles. The van der Waals surface area contributed by atoms with E-state index in [1.54, 1.807) is 19.9 Å². The first-order valence-electron chi connectivity index (χ1n) is 10.3. The minimum Gasteiger partial charge on any atom is -0.461 e. The maximum atomic E-state index is 12.6. The first-order chi connectivity index (χ1) is 14.8. The van der Waals surface area contributed by atoms with Crippen LogP contribution in [0, 0.1) is 0 Å². The van der Waals surface area contributed by atoms with Crippen LogP contribution in [0.15, 0.2) is 34.9 Å². The molecular weight excluding hydrogens is 420 g/mol. The van der Waals surface area contributed by atoms with Gasteiger partial charge in [0.15, 0.2) is 0 Å². The van der Waals surface area contributed by atoms with Crippen molar-refractivity contribution < 1.29 is 43.2 Å². The molecule has 176 valence electrons. The van der Waals surface area contributed by atoms with Crippen LogP contribution in [0.1, 0.15) is 53.9 Å². The Hall–Kier alpha value is -2.94. The second-order valence-corrected chi connectivity index (χ2v) is 8.55. The van der Waals surface area contributed by atoms with Gasteiger partial charge >= 0.3 is 23.9 Å². The SMILES string of the molecule is C=C(C)C(=O)OC1CC(C)=CC(OC(C)=O)CC(C)(O)CC2OC(=O)C(COC(C)=O)=C12. The fourth-order valence-electron chi connectivity index (χ4n) is 3.83. The molecule has 4 unspecified atom stereocenters. The average molecular weight is 450 g/mol. The maximum absolute atomic E-state index is 12.6. The third kappa shape index (κ3) is 6.78. The lowest BCUT2D eigenvalue weighted by Gasteiger charge is -2.33. The maximum Gasteiger partial charge on any atom is 0.338 e. The fourth-order valence-corrected chi connectivity index (χ4v) is 3.83. The van der Waals surface area contributed by atoms with E-state index >= 15 is 0 Å². The van der Waals surface area contributed by atoms with Crippen molar-refractivity contribution in [3.05, 3.63) is 34.9 Å². The van der Waals surface area contributed by atoms with E-state index in [1.807, 2.05) is 0 Å². The summed E-state index contributed by atoms with van der Waals surface area (Å²) in [6.07, 6.45) is -0.695. The van der Waals surface area contributed by atoms with Crippen LogP contribution in [-0.4, -0.2) is 59.5 Å². The van der Waals surface area contributed by atoms with Gasteiger partial charge in [0.2, 0.25) is 0 Å². The van der Waals surface area contributed by atoms with E-state index in [0.717, 1.165) is 0 Å². The van der Waals surface area contributed by atoms with E-state index in [1.165, 1.54) is 20.8 Å². The van der Waals surface area contributed by atoms with Crippen molar-refractivity contribution in [2.75, 3.05) is 6.61 Å². The highest BCUT2D eigenvalue weighted by Gasteiger charge is 2.44. The predicted octanol–water partition coefficient (Wildman–Crippen LogP) is 2.07. The molecule has 4 atom stereocenters. The van der Waals surface area contributed by atoms with Crippen molar-refractivity contribution in [2.24, 2.45) is 0 Å². The van der Waals surface area contributed by atoms with Crippen LogP contribution >= 0.6 is 0 Å². The van der Waals surface area contributed by atoms with Gasteiger partial charge in [0.1, 0.15) is 24.9 Å². The van der Waals surface area contributed by atoms with Crippen molar-refractivity contribution >= 4 is 23.9 Å². The molecule has 9 nitrogen and oxygen atoms in total. The molecule has 0 bridgehead atoms. The highest BCUT2D eigenvalue weighted by Crippen LogP contribution is 2.37. The Balaban J connectivity index is 2.58. The number of fused-ring (bicyclic) bond motifs is 1. The largest absolute Gasteiger partial charge is 0.461 e. The molecular formula is C23H30O9. The Kier molecular flexibility index (Phi) is 8.01. The number of esters is 4. The zero-order valence-corrected chi connectivity index (χ0v) is 19.1. The molecule has 0 radical (unpaired) electrons. The average Bonchev–Trinajstić information content (AvgIpc) is 2.91. The van der Waals surface area contributed by atoms with Gasteiger partial charge in [-0.05, 0) is 26.8 Å². The Bertz CT molecular complexity index is 878. The van der Waals surface area contributed by atoms with Gasteiger partial charge in [0.25, 0.3) is 0 Å². The summed E-state index contributed by atoms with van der Waals surface area (Å²) in [5.41, 5.74) is -0.122. The highest BCUT2D eigenvalue weighted by atomic mass is 16.6. The molecule has 9 heteroatoms. The summed E-state index contributed by atoms with van der Waals surface area (Å²) >= 11 is 0. The molecule has 1 heterocycles. The first-order valence-corrected chi connectivity index (χ1v) is 10.3. The number of rotatable bonds is 5. The van der Waals surface area contributed by atoms with E-state index in [9.17, 15) is 24.3 Å². The lowest BCUT2D eigenvalue weighted by atomic mass is 9.83. The van der Waals surface area contributed by atoms with Gasteiger partial charge in [-0.25, -0.2) is 9.59 Å². The highest BCUT2D eigenvalue weighted by molar-refractivity contribution is 5.94. The van der Waals surface area contributed by atoms with Crippen LogP contribution in [0.5, 0.6) is 0 Å². The second-order valence-electron chi connectivity index (χ2n) is 8.55. The Morgan fingerprint density at radius 1 is 1.19 bits per heavy atom. The van der Waals surface area contributed by atoms with Crippen LogP contribution in [0.25, 0.3) is 0 Å². The van der Waals surface area contributed by atoms with Crippen molar-refractivity contribution in [1.29, 1.82) is 0 Å². The number of ether oxygens (including phenoxy) is 4. The number of carbonyl (C=O) groups excluding carboxylic acids is 4. The van der Waals surface area contributed by atoms with Gasteiger partial charge in [-0.2, -0.15) is 0 Å². The van der Waals surface area contributed by atoms with Crippen molar-refractivity contribution in [3.8, 4) is 0 Å². The monoisotopic (exact) mass is 450 g/mol. The number of aliphatic hydroxyl groups is 1. The van der Waals surface area contributed by atoms with Crippen molar-refractivity contribution in [1.82, 2.24) is 0 Å². The molecule has 0 aromatic rings. The molecule has 0 saturated heterocycles. The van der Waals surface area contributed by atoms with Gasteiger partial charge in [-0.15, -0.1) is 0 Å². The number of hydrogen-bond donors (Lipinski definition) is 1. The molecule has 0 aromatic heterocycles. The van der Waals surface area contributed by atoms with Gasteiger partial charge in [-0.3, -0.25) is 9.59 Å². The van der Waals surface area contributed by atoms with Crippen LogP contribution in [0.4, 0.5) is 0 Å². The standard InChI is InChI=1S/C23H30O9/c1-12(2)21(26)31-18-8-13(3)7-16(30-15(5)25)9-23(6,28)10-19-20(18)17(22(27)32-19)11-29-14(4)24/h7,16,18-19,28H,1,8-11H2,2-6H3. The van der Waals surface area contributed by atoms with Crippen LogP contribution in [0.2, 0.25) is 0 Å². The Morgan fingerprint density at radius 2 is 1.84 bits per heavy atom. The molecule has 2 aliphatic rings. The predicted molar refractivity (Wildman–Crippen MR) is 112 cm³/mol. The third-order valence-corrected chi connectivity index (χ3v) is 5.12. The zero-order valence-electron chi connectivity index (χ0n) is 19.1. The van der Waals surface area contributed by atoms with E-state index in [4.69, 9.17) is 18.9 Å². The molecule has 1 aliphatic carbocycles. The van der Waals surface area contributed by atoms with Crippen LogP contribution in [0.3, 0.4) is 0 Å².